The molecule has 0 aliphatic rings. The predicted molar refractivity (Wildman–Crippen MR) is 75.0 cm³/mol. The van der Waals surface area contributed by atoms with Crippen molar-refractivity contribution in [3.05, 3.63) is 22.5 Å². The van der Waals surface area contributed by atoms with Crippen LogP contribution >= 0.6 is 0 Å². The van der Waals surface area contributed by atoms with Gasteiger partial charge >= 0.3 is 5.76 Å². The molecule has 0 amide bonds. The topological polar surface area (TPSA) is 46.0 Å². The highest BCUT2D eigenvalue weighted by Gasteiger charge is 2.29. The van der Waals surface area contributed by atoms with Crippen molar-refractivity contribution in [2.24, 2.45) is 0 Å². The summed E-state index contributed by atoms with van der Waals surface area (Å²) in [5, 5.41) is 0. The van der Waals surface area contributed by atoms with E-state index in [2.05, 4.69) is 25.8 Å². The second-order valence-corrected chi connectivity index (χ2v) is 5.52. The van der Waals surface area contributed by atoms with Crippen LogP contribution in [0.15, 0.2) is 15.4 Å². The van der Waals surface area contributed by atoms with E-state index in [1.807, 2.05) is 0 Å². The fraction of sp³-hybridized carbons (Fsp3) is 0.800. The van der Waals surface area contributed by atoms with Gasteiger partial charge in [-0.15, -0.1) is 0 Å². The van der Waals surface area contributed by atoms with Crippen LogP contribution in [0.4, 0.5) is 0 Å². The summed E-state index contributed by atoms with van der Waals surface area (Å²) in [6, 6.07) is 0. The minimum atomic E-state index is -0.332. The minimum absolute atomic E-state index is 0.0168. The molecule has 0 fully saturated rings. The number of rotatable bonds is 9. The molecule has 0 radical (unpaired) electrons. The van der Waals surface area contributed by atoms with Crippen molar-refractivity contribution in [3.63, 3.8) is 0 Å². The normalized spacial score (nSPS) is 14.6. The van der Waals surface area contributed by atoms with E-state index in [1.54, 1.807) is 6.20 Å². The first-order chi connectivity index (χ1) is 8.62. The van der Waals surface area contributed by atoms with Crippen molar-refractivity contribution in [1.29, 1.82) is 0 Å². The number of nitrogens with one attached hydrogen (secondary N) is 1. The van der Waals surface area contributed by atoms with Gasteiger partial charge in [-0.25, -0.2) is 4.79 Å². The fourth-order valence-electron chi connectivity index (χ4n) is 2.46. The molecule has 3 nitrogen and oxygen atoms in total. The Morgan fingerprint density at radius 1 is 1.11 bits per heavy atom. The summed E-state index contributed by atoms with van der Waals surface area (Å²) in [4.78, 5) is 13.8. The SMILES string of the molecule is CCCCCCC(C)(CCCC)c1c[nH]c(=O)o1. The maximum Gasteiger partial charge on any atom is 0.416 e. The maximum absolute atomic E-state index is 11.2. The second-order valence-electron chi connectivity index (χ2n) is 5.52. The Bertz CT molecular complexity index is 380. The summed E-state index contributed by atoms with van der Waals surface area (Å²) in [6.45, 7) is 6.65. The summed E-state index contributed by atoms with van der Waals surface area (Å²) in [5.41, 5.74) is 0.0168. The van der Waals surface area contributed by atoms with E-state index in [1.165, 1.54) is 38.5 Å². The molecular weight excluding hydrogens is 226 g/mol. The van der Waals surface area contributed by atoms with E-state index >= 15 is 0 Å². The van der Waals surface area contributed by atoms with Crippen LogP contribution in [0.25, 0.3) is 0 Å². The quantitative estimate of drug-likeness (QED) is 0.663. The van der Waals surface area contributed by atoms with Crippen molar-refractivity contribution < 1.29 is 4.42 Å². The number of aromatic amines is 1. The highest BCUT2D eigenvalue weighted by Crippen LogP contribution is 2.34. The van der Waals surface area contributed by atoms with Gasteiger partial charge in [-0.1, -0.05) is 59.3 Å². The lowest BCUT2D eigenvalue weighted by molar-refractivity contribution is 0.293. The molecule has 0 saturated carbocycles. The van der Waals surface area contributed by atoms with Crippen molar-refractivity contribution in [2.75, 3.05) is 0 Å². The average molecular weight is 253 g/mol. The lowest BCUT2D eigenvalue weighted by Gasteiger charge is -2.27. The van der Waals surface area contributed by atoms with Gasteiger partial charge in [-0.2, -0.15) is 0 Å². The van der Waals surface area contributed by atoms with Gasteiger partial charge in [0.1, 0.15) is 5.76 Å². The molecule has 0 bridgehead atoms. The number of H-pyrrole nitrogens is 1. The number of unbranched alkanes of at least 4 members (excludes halogenated alkanes) is 4. The Kier molecular flexibility index (Phi) is 6.23. The molecule has 0 spiro atoms. The summed E-state index contributed by atoms with van der Waals surface area (Å²) < 4.78 is 5.29. The summed E-state index contributed by atoms with van der Waals surface area (Å²) >= 11 is 0. The van der Waals surface area contributed by atoms with Crippen molar-refractivity contribution in [1.82, 2.24) is 4.98 Å². The Labute approximate surface area is 110 Å². The third-order valence-corrected chi connectivity index (χ3v) is 3.78. The van der Waals surface area contributed by atoms with E-state index in [9.17, 15) is 4.79 Å². The third kappa shape index (κ3) is 4.35. The Morgan fingerprint density at radius 3 is 2.33 bits per heavy atom. The molecule has 0 aliphatic heterocycles. The van der Waals surface area contributed by atoms with Crippen molar-refractivity contribution in [2.45, 2.75) is 77.6 Å². The number of oxazole rings is 1. The van der Waals surface area contributed by atoms with Crippen LogP contribution in [-0.2, 0) is 5.41 Å². The van der Waals surface area contributed by atoms with Crippen LogP contribution in [0.3, 0.4) is 0 Å². The molecule has 0 aliphatic carbocycles. The molecule has 1 unspecified atom stereocenters. The van der Waals surface area contributed by atoms with Gasteiger partial charge in [0, 0.05) is 11.6 Å². The van der Waals surface area contributed by atoms with E-state index in [-0.39, 0.29) is 11.2 Å². The summed E-state index contributed by atoms with van der Waals surface area (Å²) in [6.07, 6.45) is 11.3. The van der Waals surface area contributed by atoms with Gasteiger partial charge in [0.2, 0.25) is 0 Å². The first-order valence-electron chi connectivity index (χ1n) is 7.31. The van der Waals surface area contributed by atoms with Crippen molar-refractivity contribution >= 4 is 0 Å². The molecule has 1 N–H and O–H groups in total. The number of hydrogen-bond donors (Lipinski definition) is 1. The van der Waals surface area contributed by atoms with Gasteiger partial charge in [0.15, 0.2) is 0 Å². The van der Waals surface area contributed by atoms with Gasteiger partial charge in [-0.05, 0) is 12.8 Å². The number of hydrogen-bond acceptors (Lipinski definition) is 2. The first kappa shape index (κ1) is 15.1. The standard InChI is InChI=1S/C15H27NO2/c1-4-6-8-9-11-15(3,10-7-5-2)13-12-16-14(17)18-13/h12H,4-11H2,1-3H3,(H,16,17). The molecule has 1 aromatic heterocycles. The van der Waals surface area contributed by atoms with Crippen LogP contribution in [0.5, 0.6) is 0 Å². The molecule has 0 aromatic carbocycles. The Hall–Kier alpha value is -0.990. The van der Waals surface area contributed by atoms with E-state index in [0.29, 0.717) is 0 Å². The smallest absolute Gasteiger partial charge is 0.412 e. The maximum atomic E-state index is 11.2. The molecule has 104 valence electrons. The van der Waals surface area contributed by atoms with Crippen LogP contribution in [0.1, 0.15) is 77.9 Å². The Balaban J connectivity index is 2.65. The molecule has 3 heteroatoms. The molecule has 1 rings (SSSR count). The van der Waals surface area contributed by atoms with Crippen LogP contribution in [0.2, 0.25) is 0 Å². The largest absolute Gasteiger partial charge is 0.416 e. The van der Waals surface area contributed by atoms with Gasteiger partial charge in [-0.3, -0.25) is 4.98 Å². The van der Waals surface area contributed by atoms with Crippen molar-refractivity contribution in [3.8, 4) is 0 Å². The zero-order valence-electron chi connectivity index (χ0n) is 12.1. The zero-order valence-corrected chi connectivity index (χ0v) is 12.1. The first-order valence-corrected chi connectivity index (χ1v) is 7.31. The highest BCUT2D eigenvalue weighted by molar-refractivity contribution is 5.07. The fourth-order valence-corrected chi connectivity index (χ4v) is 2.46. The lowest BCUT2D eigenvalue weighted by Crippen LogP contribution is -2.21. The van der Waals surface area contributed by atoms with Crippen LogP contribution in [-0.4, -0.2) is 4.98 Å². The average Bonchev–Trinajstić information content (AvgIpc) is 2.80. The molecular formula is C15H27NO2. The van der Waals surface area contributed by atoms with E-state index in [0.717, 1.165) is 18.6 Å². The molecule has 1 atom stereocenters. The monoisotopic (exact) mass is 253 g/mol. The van der Waals surface area contributed by atoms with Crippen LogP contribution < -0.4 is 5.76 Å². The van der Waals surface area contributed by atoms with Gasteiger partial charge < -0.3 is 4.42 Å². The third-order valence-electron chi connectivity index (χ3n) is 3.78. The zero-order chi connectivity index (χ0) is 13.4. The van der Waals surface area contributed by atoms with E-state index < -0.39 is 0 Å². The van der Waals surface area contributed by atoms with Gasteiger partial charge in [0.25, 0.3) is 0 Å². The summed E-state index contributed by atoms with van der Waals surface area (Å²) in [5.74, 6) is 0.499. The predicted octanol–water partition coefficient (Wildman–Crippen LogP) is 4.39. The van der Waals surface area contributed by atoms with Gasteiger partial charge in [0.05, 0.1) is 0 Å². The summed E-state index contributed by atoms with van der Waals surface area (Å²) in [7, 11) is 0. The Morgan fingerprint density at radius 2 is 1.78 bits per heavy atom. The molecule has 18 heavy (non-hydrogen) atoms. The number of aromatic nitrogens is 1. The molecule has 1 aromatic rings. The van der Waals surface area contributed by atoms with Crippen LogP contribution in [0, 0.1) is 0 Å². The highest BCUT2D eigenvalue weighted by atomic mass is 16.4. The lowest BCUT2D eigenvalue weighted by atomic mass is 9.78. The molecule has 1 heterocycles. The van der Waals surface area contributed by atoms with E-state index in [4.69, 9.17) is 4.42 Å². The molecule has 0 saturated heterocycles. The minimum Gasteiger partial charge on any atom is -0.412 e. The second kappa shape index (κ2) is 7.45.